The molecule has 1 aromatic carbocycles. The molecule has 1 aromatic heterocycles. The molecule has 11 heteroatoms. The zero-order chi connectivity index (χ0) is 21.6. The summed E-state index contributed by atoms with van der Waals surface area (Å²) in [6.45, 7) is 1.77. The minimum Gasteiger partial charge on any atom is -0.324 e. The Kier molecular flexibility index (Phi) is 7.74. The van der Waals surface area contributed by atoms with Gasteiger partial charge in [0.05, 0.1) is 17.7 Å². The Bertz CT molecular complexity index is 888. The number of rotatable bonds is 8. The molecule has 6 nitrogen and oxygen atoms in total. The molecule has 0 fully saturated rings. The molecule has 156 valence electrons. The van der Waals surface area contributed by atoms with Crippen LogP contribution in [0.3, 0.4) is 0 Å². The van der Waals surface area contributed by atoms with Crippen LogP contribution in [0, 0.1) is 0 Å². The molecule has 2 aromatic rings. The van der Waals surface area contributed by atoms with Crippen LogP contribution in [0.15, 0.2) is 29.8 Å². The number of benzene rings is 1. The van der Waals surface area contributed by atoms with Gasteiger partial charge in [0.1, 0.15) is 5.38 Å². The summed E-state index contributed by atoms with van der Waals surface area (Å²) < 4.78 is 40.3. The van der Waals surface area contributed by atoms with E-state index in [4.69, 9.17) is 11.6 Å². The number of halogens is 4. The van der Waals surface area contributed by atoms with Crippen molar-refractivity contribution in [3.8, 4) is 0 Å². The van der Waals surface area contributed by atoms with E-state index in [-0.39, 0.29) is 11.6 Å². The number of ketones is 1. The highest BCUT2D eigenvalue weighted by Gasteiger charge is 2.36. The quantitative estimate of drug-likeness (QED) is 0.348. The maximum absolute atomic E-state index is 13.4. The van der Waals surface area contributed by atoms with Gasteiger partial charge < -0.3 is 10.6 Å². The van der Waals surface area contributed by atoms with Gasteiger partial charge in [0.2, 0.25) is 11.8 Å². The minimum absolute atomic E-state index is 0.251. The van der Waals surface area contributed by atoms with Gasteiger partial charge in [0, 0.05) is 17.1 Å². The van der Waals surface area contributed by atoms with Crippen molar-refractivity contribution in [2.45, 2.75) is 37.7 Å². The largest absolute Gasteiger partial charge is 0.418 e. The molecule has 0 aliphatic heterocycles. The van der Waals surface area contributed by atoms with E-state index in [2.05, 4.69) is 15.6 Å². The number of Topliss-reactive ketones (excluding diaryl/α,β-unsaturated/α-hetero) is 1. The summed E-state index contributed by atoms with van der Waals surface area (Å²) >= 11 is 7.02. The number of amides is 2. The monoisotopic (exact) mass is 447 g/mol. The fraction of sp³-hybridized carbons (Fsp3) is 0.333. The van der Waals surface area contributed by atoms with Crippen LogP contribution in [0.4, 0.5) is 24.0 Å². The molecule has 1 unspecified atom stereocenters. The third-order valence-electron chi connectivity index (χ3n) is 3.74. The third-order valence-corrected chi connectivity index (χ3v) is 4.85. The van der Waals surface area contributed by atoms with Gasteiger partial charge in [-0.1, -0.05) is 19.4 Å². The first-order valence-corrected chi connectivity index (χ1v) is 9.82. The highest BCUT2D eigenvalue weighted by molar-refractivity contribution is 7.13. The molecule has 0 aliphatic carbocycles. The maximum Gasteiger partial charge on any atom is 0.418 e. The van der Waals surface area contributed by atoms with Crippen LogP contribution in [0.25, 0.3) is 0 Å². The summed E-state index contributed by atoms with van der Waals surface area (Å²) in [6, 6.07) is 2.90. The van der Waals surface area contributed by atoms with E-state index in [1.807, 2.05) is 0 Å². The number of anilines is 2. The van der Waals surface area contributed by atoms with Crippen LogP contribution in [-0.2, 0) is 15.8 Å². The number of thiazole rings is 1. The van der Waals surface area contributed by atoms with Crippen molar-refractivity contribution in [1.82, 2.24) is 4.98 Å². The van der Waals surface area contributed by atoms with Crippen LogP contribution in [0.5, 0.6) is 0 Å². The molecule has 0 saturated carbocycles. The summed E-state index contributed by atoms with van der Waals surface area (Å²) in [7, 11) is 0. The number of nitrogens with zero attached hydrogens (tertiary/aromatic N) is 1. The molecule has 2 amide bonds. The number of hydrogen-bond acceptors (Lipinski definition) is 5. The molecule has 0 spiro atoms. The van der Waals surface area contributed by atoms with E-state index in [1.165, 1.54) is 6.20 Å². The molecule has 0 saturated heterocycles. The minimum atomic E-state index is -4.82. The summed E-state index contributed by atoms with van der Waals surface area (Å²) in [4.78, 5) is 40.6. The fourth-order valence-electron chi connectivity index (χ4n) is 2.43. The van der Waals surface area contributed by atoms with Gasteiger partial charge in [-0.15, -0.1) is 22.9 Å². The summed E-state index contributed by atoms with van der Waals surface area (Å²) in [5.41, 5.74) is -2.33. The van der Waals surface area contributed by atoms with Crippen LogP contribution >= 0.6 is 22.9 Å². The predicted octanol–water partition coefficient (Wildman–Crippen LogP) is 4.72. The first kappa shape index (κ1) is 22.8. The van der Waals surface area contributed by atoms with Gasteiger partial charge in [-0.05, 0) is 18.6 Å². The van der Waals surface area contributed by atoms with Crippen LogP contribution in [0.2, 0.25) is 0 Å². The average molecular weight is 448 g/mol. The Labute approximate surface area is 173 Å². The van der Waals surface area contributed by atoms with Crippen molar-refractivity contribution in [2.24, 2.45) is 0 Å². The lowest BCUT2D eigenvalue weighted by Gasteiger charge is -2.18. The molecule has 2 N–H and O–H groups in total. The van der Waals surface area contributed by atoms with Gasteiger partial charge in [0.25, 0.3) is 0 Å². The second-order valence-corrected chi connectivity index (χ2v) is 7.38. The smallest absolute Gasteiger partial charge is 0.324 e. The Morgan fingerprint density at radius 3 is 2.55 bits per heavy atom. The Morgan fingerprint density at radius 2 is 1.97 bits per heavy atom. The van der Waals surface area contributed by atoms with Crippen LogP contribution < -0.4 is 10.6 Å². The summed E-state index contributed by atoms with van der Waals surface area (Å²) in [5.74, 6) is -2.48. The average Bonchev–Trinajstić information content (AvgIpc) is 3.13. The molecular formula is C18H17ClF3N3O3S. The predicted molar refractivity (Wildman–Crippen MR) is 104 cm³/mol. The first-order valence-electron chi connectivity index (χ1n) is 8.51. The van der Waals surface area contributed by atoms with Gasteiger partial charge in [0.15, 0.2) is 10.9 Å². The maximum atomic E-state index is 13.4. The summed E-state index contributed by atoms with van der Waals surface area (Å²) in [6.07, 6.45) is -3.30. The number of hydrogen-bond donors (Lipinski definition) is 2. The lowest BCUT2D eigenvalue weighted by atomic mass is 10.0. The highest BCUT2D eigenvalue weighted by atomic mass is 35.5. The highest BCUT2D eigenvalue weighted by Crippen LogP contribution is 2.37. The van der Waals surface area contributed by atoms with E-state index in [0.29, 0.717) is 6.42 Å². The number of nitrogens with one attached hydrogen (secondary N) is 2. The Morgan fingerprint density at radius 1 is 1.24 bits per heavy atom. The van der Waals surface area contributed by atoms with Gasteiger partial charge in [-0.25, -0.2) is 4.98 Å². The number of carbonyl (C=O) groups excluding carboxylic acids is 3. The topological polar surface area (TPSA) is 88.2 Å². The SMILES string of the molecule is CCCC(Cl)C(=O)Nc1c(C(=O)CC(=O)Nc2nccs2)cccc1C(F)(F)F. The molecule has 0 bridgehead atoms. The van der Waals surface area contributed by atoms with Crippen molar-refractivity contribution >= 4 is 51.4 Å². The van der Waals surface area contributed by atoms with Crippen molar-refractivity contribution in [2.75, 3.05) is 10.6 Å². The van der Waals surface area contributed by atoms with Gasteiger partial charge in [-0.3, -0.25) is 14.4 Å². The number of aromatic nitrogens is 1. The molecule has 1 heterocycles. The zero-order valence-corrected chi connectivity index (χ0v) is 16.7. The van der Waals surface area contributed by atoms with Gasteiger partial charge in [-0.2, -0.15) is 13.2 Å². The van der Waals surface area contributed by atoms with Crippen molar-refractivity contribution in [3.63, 3.8) is 0 Å². The van der Waals surface area contributed by atoms with E-state index >= 15 is 0 Å². The van der Waals surface area contributed by atoms with E-state index < -0.39 is 52.4 Å². The molecule has 0 radical (unpaired) electrons. The summed E-state index contributed by atoms with van der Waals surface area (Å²) in [5, 5.41) is 5.30. The standard InChI is InChI=1S/C18H17ClF3N3O3S/c1-2-4-12(19)16(28)25-15-10(5-3-6-11(15)18(20,21)22)13(26)9-14(27)24-17-23-7-8-29-17/h3,5-8,12H,2,4,9H2,1H3,(H,25,28)(H,23,24,27). The lowest BCUT2D eigenvalue weighted by molar-refractivity contribution is -0.137. The molecule has 2 rings (SSSR count). The lowest BCUT2D eigenvalue weighted by Crippen LogP contribution is -2.27. The second kappa shape index (κ2) is 9.84. The molecule has 0 aliphatic rings. The van der Waals surface area contributed by atoms with Gasteiger partial charge >= 0.3 is 6.18 Å². The van der Waals surface area contributed by atoms with E-state index in [1.54, 1.807) is 12.3 Å². The Balaban J connectivity index is 2.31. The number of alkyl halides is 4. The van der Waals surface area contributed by atoms with Crippen LogP contribution in [0.1, 0.15) is 42.1 Å². The molecule has 1 atom stereocenters. The normalized spacial score (nSPS) is 12.3. The van der Waals surface area contributed by atoms with Crippen LogP contribution in [-0.4, -0.2) is 28.0 Å². The number of para-hydroxylation sites is 1. The molecular weight excluding hydrogens is 431 g/mol. The Hall–Kier alpha value is -2.46. The first-order chi connectivity index (χ1) is 13.6. The van der Waals surface area contributed by atoms with E-state index in [0.717, 1.165) is 29.5 Å². The zero-order valence-electron chi connectivity index (χ0n) is 15.2. The third kappa shape index (κ3) is 6.26. The van der Waals surface area contributed by atoms with Crippen molar-refractivity contribution in [1.29, 1.82) is 0 Å². The van der Waals surface area contributed by atoms with Crippen molar-refractivity contribution < 1.29 is 27.6 Å². The number of carbonyl (C=O) groups is 3. The molecule has 29 heavy (non-hydrogen) atoms. The van der Waals surface area contributed by atoms with Crippen molar-refractivity contribution in [3.05, 3.63) is 40.9 Å². The van der Waals surface area contributed by atoms with E-state index in [9.17, 15) is 27.6 Å². The fourth-order valence-corrected chi connectivity index (χ4v) is 3.25. The second-order valence-electron chi connectivity index (χ2n) is 5.96.